The van der Waals surface area contributed by atoms with Gasteiger partial charge >= 0.3 is 5.97 Å². The molecule has 1 aliphatic carbocycles. The lowest BCUT2D eigenvalue weighted by Gasteiger charge is -2.22. The molecule has 26 heavy (non-hydrogen) atoms. The van der Waals surface area contributed by atoms with Gasteiger partial charge in [-0.15, -0.1) is 11.3 Å². The van der Waals surface area contributed by atoms with Crippen LogP contribution >= 0.6 is 11.3 Å². The van der Waals surface area contributed by atoms with Gasteiger partial charge in [-0.1, -0.05) is 13.3 Å². The number of hydrogen-bond acceptors (Lipinski definition) is 5. The highest BCUT2D eigenvalue weighted by Gasteiger charge is 2.26. The quantitative estimate of drug-likeness (QED) is 0.722. The average Bonchev–Trinajstić information content (AvgIpc) is 3.07. The summed E-state index contributed by atoms with van der Waals surface area (Å²) in [5, 5.41) is 5.35. The molecule has 1 aliphatic rings. The summed E-state index contributed by atoms with van der Waals surface area (Å²) >= 11 is 1.36. The number of carbonyl (C=O) groups excluding carboxylic acids is 2. The predicted octanol–water partition coefficient (Wildman–Crippen LogP) is 5.04. The maximum atomic E-state index is 12.9. The number of nitrogens with one attached hydrogen (secondary N) is 1. The normalized spacial score (nSPS) is 14.8. The van der Waals surface area contributed by atoms with Crippen LogP contribution in [0, 0.1) is 0 Å². The smallest absolute Gasteiger partial charge is 0.342 e. The minimum Gasteiger partial charge on any atom is -0.459 e. The van der Waals surface area contributed by atoms with Crippen LogP contribution in [0.25, 0.3) is 11.1 Å². The Morgan fingerprint density at radius 3 is 2.65 bits per heavy atom. The van der Waals surface area contributed by atoms with Gasteiger partial charge in [-0.05, 0) is 49.8 Å². The lowest BCUT2D eigenvalue weighted by molar-refractivity contribution is -0.116. The molecule has 5 nitrogen and oxygen atoms in total. The molecule has 0 bridgehead atoms. The molecule has 0 unspecified atom stereocenters. The summed E-state index contributed by atoms with van der Waals surface area (Å²) in [6.45, 7) is 1.95. The van der Waals surface area contributed by atoms with Crippen molar-refractivity contribution < 1.29 is 14.3 Å². The molecule has 1 saturated carbocycles. The molecule has 0 saturated heterocycles. The Kier molecular flexibility index (Phi) is 6.39. The largest absolute Gasteiger partial charge is 0.459 e. The molecular weight excluding hydrogens is 348 g/mol. The second-order valence-electron chi connectivity index (χ2n) is 6.55. The standard InChI is InChI=1S/C20H24N2O3S/c1-2-6-17(23)22-19-18(20(24)25-15-7-4-3-5-8-15)16(13-26-19)14-9-11-21-12-10-14/h9-13,15H,2-8H2,1H3,(H,22,23). The van der Waals surface area contributed by atoms with E-state index in [9.17, 15) is 9.59 Å². The molecule has 0 spiro atoms. The summed E-state index contributed by atoms with van der Waals surface area (Å²) in [4.78, 5) is 29.0. The molecule has 1 amide bonds. The van der Waals surface area contributed by atoms with Gasteiger partial charge in [-0.3, -0.25) is 9.78 Å². The highest BCUT2D eigenvalue weighted by Crippen LogP contribution is 2.37. The first-order valence-electron chi connectivity index (χ1n) is 9.21. The minimum atomic E-state index is -0.350. The van der Waals surface area contributed by atoms with Gasteiger partial charge in [0.25, 0.3) is 0 Å². The summed E-state index contributed by atoms with van der Waals surface area (Å²) in [6, 6.07) is 3.72. The summed E-state index contributed by atoms with van der Waals surface area (Å²) in [5.74, 6) is -0.431. The van der Waals surface area contributed by atoms with E-state index in [1.807, 2.05) is 24.4 Å². The summed E-state index contributed by atoms with van der Waals surface area (Å²) in [5.41, 5.74) is 2.13. The number of hydrogen-bond donors (Lipinski definition) is 1. The van der Waals surface area contributed by atoms with Gasteiger partial charge < -0.3 is 10.1 Å². The van der Waals surface area contributed by atoms with E-state index in [1.54, 1.807) is 12.4 Å². The van der Waals surface area contributed by atoms with Crippen LogP contribution < -0.4 is 5.32 Å². The third kappa shape index (κ3) is 4.49. The van der Waals surface area contributed by atoms with Crippen molar-refractivity contribution in [3.8, 4) is 11.1 Å². The summed E-state index contributed by atoms with van der Waals surface area (Å²) < 4.78 is 5.78. The van der Waals surface area contributed by atoms with Gasteiger partial charge in [0.15, 0.2) is 0 Å². The van der Waals surface area contributed by atoms with Crippen LogP contribution in [-0.4, -0.2) is 23.0 Å². The Morgan fingerprint density at radius 1 is 1.23 bits per heavy atom. The number of rotatable bonds is 6. The van der Waals surface area contributed by atoms with Gasteiger partial charge in [0.05, 0.1) is 0 Å². The monoisotopic (exact) mass is 372 g/mol. The second-order valence-corrected chi connectivity index (χ2v) is 7.43. The maximum Gasteiger partial charge on any atom is 0.342 e. The van der Waals surface area contributed by atoms with E-state index in [-0.39, 0.29) is 18.0 Å². The Bertz CT molecular complexity index is 752. The molecule has 1 fully saturated rings. The number of thiophene rings is 1. The molecule has 0 radical (unpaired) electrons. The number of carbonyl (C=O) groups is 2. The first kappa shape index (κ1) is 18.6. The van der Waals surface area contributed by atoms with E-state index in [0.29, 0.717) is 17.0 Å². The van der Waals surface area contributed by atoms with Gasteiger partial charge in [-0.25, -0.2) is 4.79 Å². The molecule has 1 N–H and O–H groups in total. The topological polar surface area (TPSA) is 68.3 Å². The van der Waals surface area contributed by atoms with Crippen molar-refractivity contribution in [1.29, 1.82) is 0 Å². The fraction of sp³-hybridized carbons (Fsp3) is 0.450. The fourth-order valence-corrected chi connectivity index (χ4v) is 4.18. The lowest BCUT2D eigenvalue weighted by atomic mass is 9.97. The van der Waals surface area contributed by atoms with Crippen molar-refractivity contribution in [3.05, 3.63) is 35.5 Å². The summed E-state index contributed by atoms with van der Waals surface area (Å²) in [7, 11) is 0. The van der Waals surface area contributed by atoms with Crippen LogP contribution in [0.2, 0.25) is 0 Å². The van der Waals surface area contributed by atoms with Crippen LogP contribution in [0.4, 0.5) is 5.00 Å². The van der Waals surface area contributed by atoms with Crippen molar-refractivity contribution in [2.45, 2.75) is 58.0 Å². The van der Waals surface area contributed by atoms with Gasteiger partial charge in [0.2, 0.25) is 5.91 Å². The van der Waals surface area contributed by atoms with E-state index < -0.39 is 0 Å². The highest BCUT2D eigenvalue weighted by atomic mass is 32.1. The maximum absolute atomic E-state index is 12.9. The molecule has 138 valence electrons. The second kappa shape index (κ2) is 8.94. The molecule has 6 heteroatoms. The van der Waals surface area contributed by atoms with Crippen LogP contribution in [0.15, 0.2) is 29.9 Å². The lowest BCUT2D eigenvalue weighted by Crippen LogP contribution is -2.22. The van der Waals surface area contributed by atoms with Crippen molar-refractivity contribution in [2.75, 3.05) is 5.32 Å². The molecule has 2 aromatic heterocycles. The van der Waals surface area contributed by atoms with Gasteiger partial charge in [0, 0.05) is 29.8 Å². The Hall–Kier alpha value is -2.21. The molecule has 0 aromatic carbocycles. The third-order valence-electron chi connectivity index (χ3n) is 4.54. The number of anilines is 1. The molecule has 0 atom stereocenters. The van der Waals surface area contributed by atoms with Crippen LogP contribution in [-0.2, 0) is 9.53 Å². The number of esters is 1. The zero-order valence-corrected chi connectivity index (χ0v) is 15.8. The number of amides is 1. The Morgan fingerprint density at radius 2 is 1.96 bits per heavy atom. The summed E-state index contributed by atoms with van der Waals surface area (Å²) in [6.07, 6.45) is 9.77. The SMILES string of the molecule is CCCC(=O)Nc1scc(-c2ccncc2)c1C(=O)OC1CCCCC1. The van der Waals surface area contributed by atoms with Crippen molar-refractivity contribution in [2.24, 2.45) is 0 Å². The van der Waals surface area contributed by atoms with Crippen molar-refractivity contribution in [1.82, 2.24) is 4.98 Å². The van der Waals surface area contributed by atoms with Gasteiger partial charge in [-0.2, -0.15) is 0 Å². The van der Waals surface area contributed by atoms with E-state index in [2.05, 4.69) is 10.3 Å². The van der Waals surface area contributed by atoms with E-state index in [4.69, 9.17) is 4.74 Å². The van der Waals surface area contributed by atoms with E-state index >= 15 is 0 Å². The average molecular weight is 372 g/mol. The van der Waals surface area contributed by atoms with E-state index in [1.165, 1.54) is 17.8 Å². The first-order chi connectivity index (χ1) is 12.7. The first-order valence-corrected chi connectivity index (χ1v) is 10.1. The predicted molar refractivity (Wildman–Crippen MR) is 103 cm³/mol. The molecule has 2 heterocycles. The Balaban J connectivity index is 1.89. The number of aromatic nitrogens is 1. The minimum absolute atomic E-state index is 0.0272. The van der Waals surface area contributed by atoms with Crippen LogP contribution in [0.1, 0.15) is 62.2 Å². The third-order valence-corrected chi connectivity index (χ3v) is 5.44. The van der Waals surface area contributed by atoms with Gasteiger partial charge in [0.1, 0.15) is 16.7 Å². The molecule has 2 aromatic rings. The number of nitrogens with zero attached hydrogens (tertiary/aromatic N) is 1. The Labute approximate surface area is 157 Å². The molecule has 0 aliphatic heterocycles. The fourth-order valence-electron chi connectivity index (χ4n) is 3.21. The zero-order chi connectivity index (χ0) is 18.4. The molecular formula is C20H24N2O3S. The molecule has 3 rings (SSSR count). The van der Waals surface area contributed by atoms with Crippen molar-refractivity contribution >= 4 is 28.2 Å². The van der Waals surface area contributed by atoms with E-state index in [0.717, 1.165) is 43.2 Å². The van der Waals surface area contributed by atoms with Crippen LogP contribution in [0.3, 0.4) is 0 Å². The number of pyridine rings is 1. The number of ether oxygens (including phenoxy) is 1. The van der Waals surface area contributed by atoms with Crippen molar-refractivity contribution in [3.63, 3.8) is 0 Å². The van der Waals surface area contributed by atoms with Crippen LogP contribution in [0.5, 0.6) is 0 Å². The zero-order valence-electron chi connectivity index (χ0n) is 15.0. The highest BCUT2D eigenvalue weighted by molar-refractivity contribution is 7.15.